The molecule has 1 atom stereocenters. The van der Waals surface area contributed by atoms with E-state index in [4.69, 9.17) is 5.73 Å². The zero-order valence-corrected chi connectivity index (χ0v) is 14.4. The lowest BCUT2D eigenvalue weighted by atomic mass is 10.0. The van der Waals surface area contributed by atoms with Crippen molar-refractivity contribution in [3.05, 3.63) is 66.5 Å². The van der Waals surface area contributed by atoms with Crippen molar-refractivity contribution >= 4 is 22.1 Å². The van der Waals surface area contributed by atoms with E-state index in [9.17, 15) is 0 Å². The lowest BCUT2D eigenvalue weighted by Gasteiger charge is -2.34. The van der Waals surface area contributed by atoms with Gasteiger partial charge in [0.15, 0.2) is 0 Å². The Kier molecular flexibility index (Phi) is 4.53. The molecule has 1 aliphatic heterocycles. The van der Waals surface area contributed by atoms with Gasteiger partial charge in [-0.25, -0.2) is 0 Å². The Morgan fingerprint density at radius 1 is 1.12 bits per heavy atom. The quantitative estimate of drug-likeness (QED) is 0.712. The number of piperidine rings is 1. The SMILES string of the molecule is Nc1ccc(CN2CCCC(Nc3cccc4cnccc34)C2)cc1. The number of fused-ring (bicyclic) bond motifs is 1. The van der Waals surface area contributed by atoms with Crippen LogP contribution in [0, 0.1) is 0 Å². The second kappa shape index (κ2) is 7.11. The van der Waals surface area contributed by atoms with E-state index >= 15 is 0 Å². The maximum absolute atomic E-state index is 5.79. The summed E-state index contributed by atoms with van der Waals surface area (Å²) in [5, 5.41) is 6.19. The topological polar surface area (TPSA) is 54.2 Å². The maximum Gasteiger partial charge on any atom is 0.0423 e. The van der Waals surface area contributed by atoms with Crippen molar-refractivity contribution in [3.8, 4) is 0 Å². The lowest BCUT2D eigenvalue weighted by Crippen LogP contribution is -2.41. The van der Waals surface area contributed by atoms with Crippen molar-refractivity contribution < 1.29 is 0 Å². The number of hydrogen-bond acceptors (Lipinski definition) is 4. The zero-order chi connectivity index (χ0) is 17.1. The molecule has 0 aliphatic carbocycles. The van der Waals surface area contributed by atoms with Crippen LogP contribution in [0.4, 0.5) is 11.4 Å². The summed E-state index contributed by atoms with van der Waals surface area (Å²) >= 11 is 0. The molecule has 0 amide bonds. The van der Waals surface area contributed by atoms with E-state index in [1.807, 2.05) is 24.5 Å². The molecular weight excluding hydrogens is 308 g/mol. The highest BCUT2D eigenvalue weighted by atomic mass is 15.2. The molecule has 0 spiro atoms. The first-order chi connectivity index (χ1) is 12.3. The standard InChI is InChI=1S/C21H24N4/c22-18-8-6-16(7-9-18)14-25-12-2-4-19(15-25)24-21-5-1-3-17-13-23-11-10-20(17)21/h1,3,5-11,13,19,24H,2,4,12,14-15,22H2. The molecule has 4 nitrogen and oxygen atoms in total. The van der Waals surface area contributed by atoms with Crippen LogP contribution in [0.1, 0.15) is 18.4 Å². The molecule has 1 aliphatic rings. The summed E-state index contributed by atoms with van der Waals surface area (Å²) in [6.07, 6.45) is 6.22. The first kappa shape index (κ1) is 15.9. The maximum atomic E-state index is 5.79. The molecule has 1 unspecified atom stereocenters. The second-order valence-corrected chi connectivity index (χ2v) is 6.86. The fraction of sp³-hybridized carbons (Fsp3) is 0.286. The minimum atomic E-state index is 0.473. The number of nitrogens with zero attached hydrogens (tertiary/aromatic N) is 2. The van der Waals surface area contributed by atoms with Gasteiger partial charge in [0, 0.05) is 53.7 Å². The number of nitrogen functional groups attached to an aromatic ring is 1. The van der Waals surface area contributed by atoms with Crippen molar-refractivity contribution in [1.82, 2.24) is 9.88 Å². The van der Waals surface area contributed by atoms with Crippen LogP contribution >= 0.6 is 0 Å². The van der Waals surface area contributed by atoms with Gasteiger partial charge in [-0.2, -0.15) is 0 Å². The van der Waals surface area contributed by atoms with Gasteiger partial charge in [0.2, 0.25) is 0 Å². The summed E-state index contributed by atoms with van der Waals surface area (Å²) in [6.45, 7) is 3.20. The van der Waals surface area contributed by atoms with Gasteiger partial charge in [0.1, 0.15) is 0 Å². The van der Waals surface area contributed by atoms with Crippen LogP contribution in [-0.4, -0.2) is 29.0 Å². The fourth-order valence-corrected chi connectivity index (χ4v) is 3.67. The average molecular weight is 332 g/mol. The number of nitrogens with one attached hydrogen (secondary N) is 1. The van der Waals surface area contributed by atoms with Crippen molar-refractivity contribution in [2.45, 2.75) is 25.4 Å². The van der Waals surface area contributed by atoms with Crippen LogP contribution in [0.2, 0.25) is 0 Å². The molecule has 0 radical (unpaired) electrons. The molecule has 25 heavy (non-hydrogen) atoms. The Morgan fingerprint density at radius 3 is 2.88 bits per heavy atom. The van der Waals surface area contributed by atoms with E-state index in [0.717, 1.165) is 25.3 Å². The highest BCUT2D eigenvalue weighted by Crippen LogP contribution is 2.25. The number of benzene rings is 2. The smallest absolute Gasteiger partial charge is 0.0423 e. The van der Waals surface area contributed by atoms with Crippen LogP contribution < -0.4 is 11.1 Å². The van der Waals surface area contributed by atoms with E-state index in [1.165, 1.54) is 34.9 Å². The number of likely N-dealkylation sites (tertiary alicyclic amines) is 1. The summed E-state index contributed by atoms with van der Waals surface area (Å²) < 4.78 is 0. The molecule has 3 N–H and O–H groups in total. The molecule has 0 saturated carbocycles. The highest BCUT2D eigenvalue weighted by molar-refractivity contribution is 5.93. The number of nitrogens with two attached hydrogens (primary N) is 1. The molecule has 1 saturated heterocycles. The summed E-state index contributed by atoms with van der Waals surface area (Å²) in [5.74, 6) is 0. The summed E-state index contributed by atoms with van der Waals surface area (Å²) in [6, 6.07) is 17.2. The van der Waals surface area contributed by atoms with E-state index in [2.05, 4.69) is 51.6 Å². The van der Waals surface area contributed by atoms with Crippen molar-refractivity contribution in [2.75, 3.05) is 24.1 Å². The molecule has 128 valence electrons. The van der Waals surface area contributed by atoms with Crippen LogP contribution in [0.25, 0.3) is 10.8 Å². The monoisotopic (exact) mass is 332 g/mol. The Balaban J connectivity index is 1.45. The Morgan fingerprint density at radius 2 is 2.00 bits per heavy atom. The first-order valence-corrected chi connectivity index (χ1v) is 8.94. The normalized spacial score (nSPS) is 18.3. The van der Waals surface area contributed by atoms with Crippen LogP contribution in [0.3, 0.4) is 0 Å². The van der Waals surface area contributed by atoms with Gasteiger partial charge in [-0.05, 0) is 49.2 Å². The van der Waals surface area contributed by atoms with Crippen LogP contribution in [0.5, 0.6) is 0 Å². The number of anilines is 2. The average Bonchev–Trinajstić information content (AvgIpc) is 2.64. The van der Waals surface area contributed by atoms with Gasteiger partial charge in [0.25, 0.3) is 0 Å². The highest BCUT2D eigenvalue weighted by Gasteiger charge is 2.20. The largest absolute Gasteiger partial charge is 0.399 e. The minimum Gasteiger partial charge on any atom is -0.399 e. The Labute approximate surface area is 148 Å². The third kappa shape index (κ3) is 3.74. The van der Waals surface area contributed by atoms with E-state index in [-0.39, 0.29) is 0 Å². The predicted octanol–water partition coefficient (Wildman–Crippen LogP) is 3.89. The molecule has 0 bridgehead atoms. The van der Waals surface area contributed by atoms with Gasteiger partial charge < -0.3 is 11.1 Å². The van der Waals surface area contributed by atoms with Gasteiger partial charge in [-0.3, -0.25) is 9.88 Å². The molecule has 1 fully saturated rings. The Bertz CT molecular complexity index is 839. The molecule has 2 aromatic carbocycles. The number of aromatic nitrogens is 1. The molecule has 3 aromatic rings. The Hall–Kier alpha value is -2.59. The third-order valence-electron chi connectivity index (χ3n) is 4.93. The first-order valence-electron chi connectivity index (χ1n) is 8.94. The van der Waals surface area contributed by atoms with Crippen molar-refractivity contribution in [3.63, 3.8) is 0 Å². The molecule has 4 rings (SSSR count). The molecule has 4 heteroatoms. The lowest BCUT2D eigenvalue weighted by molar-refractivity contribution is 0.208. The predicted molar refractivity (Wildman–Crippen MR) is 105 cm³/mol. The number of rotatable bonds is 4. The van der Waals surface area contributed by atoms with Gasteiger partial charge in [-0.15, -0.1) is 0 Å². The second-order valence-electron chi connectivity index (χ2n) is 6.86. The molecule has 1 aromatic heterocycles. The number of hydrogen-bond donors (Lipinski definition) is 2. The zero-order valence-electron chi connectivity index (χ0n) is 14.4. The third-order valence-corrected chi connectivity index (χ3v) is 4.93. The van der Waals surface area contributed by atoms with Crippen molar-refractivity contribution in [1.29, 1.82) is 0 Å². The molecular formula is C21H24N4. The van der Waals surface area contributed by atoms with Gasteiger partial charge >= 0.3 is 0 Å². The van der Waals surface area contributed by atoms with E-state index in [0.29, 0.717) is 6.04 Å². The number of pyridine rings is 1. The fourth-order valence-electron chi connectivity index (χ4n) is 3.67. The summed E-state index contributed by atoms with van der Waals surface area (Å²) in [5.41, 5.74) is 9.14. The van der Waals surface area contributed by atoms with Gasteiger partial charge in [-0.1, -0.05) is 24.3 Å². The van der Waals surface area contributed by atoms with E-state index in [1.54, 1.807) is 0 Å². The van der Waals surface area contributed by atoms with Gasteiger partial charge in [0.05, 0.1) is 0 Å². The minimum absolute atomic E-state index is 0.473. The van der Waals surface area contributed by atoms with Crippen LogP contribution in [-0.2, 0) is 6.54 Å². The molecule has 2 heterocycles. The van der Waals surface area contributed by atoms with Crippen molar-refractivity contribution in [2.24, 2.45) is 0 Å². The summed E-state index contributed by atoms with van der Waals surface area (Å²) in [7, 11) is 0. The van der Waals surface area contributed by atoms with Crippen LogP contribution in [0.15, 0.2) is 60.9 Å². The van der Waals surface area contributed by atoms with E-state index < -0.39 is 0 Å². The summed E-state index contributed by atoms with van der Waals surface area (Å²) in [4.78, 5) is 6.75.